The lowest BCUT2D eigenvalue weighted by atomic mass is 10.0. The van der Waals surface area contributed by atoms with E-state index in [-0.39, 0.29) is 23.2 Å². The number of hydrogen-bond acceptors (Lipinski definition) is 3. The normalized spacial score (nSPS) is 11.9. The van der Waals surface area contributed by atoms with Gasteiger partial charge in [0.1, 0.15) is 0 Å². The molecule has 0 aliphatic rings. The highest BCUT2D eigenvalue weighted by Gasteiger charge is 2.20. The van der Waals surface area contributed by atoms with E-state index in [4.69, 9.17) is 0 Å². The average Bonchev–Trinajstić information content (AvgIpc) is 2.80. The van der Waals surface area contributed by atoms with Gasteiger partial charge in [-0.2, -0.15) is 9.78 Å². The molecule has 4 aromatic rings. The third-order valence-electron chi connectivity index (χ3n) is 5.11. The van der Waals surface area contributed by atoms with Crippen molar-refractivity contribution < 1.29 is 4.79 Å². The Morgan fingerprint density at radius 2 is 1.50 bits per heavy atom. The summed E-state index contributed by atoms with van der Waals surface area (Å²) in [4.78, 5) is 26.3. The molecule has 150 valence electrons. The zero-order chi connectivity index (χ0) is 20.9. The van der Waals surface area contributed by atoms with Gasteiger partial charge in [0.15, 0.2) is 5.69 Å². The van der Waals surface area contributed by atoms with E-state index >= 15 is 0 Å². The monoisotopic (exact) mass is 397 g/mol. The van der Waals surface area contributed by atoms with Gasteiger partial charge in [-0.1, -0.05) is 80.1 Å². The lowest BCUT2D eigenvalue weighted by Gasteiger charge is -2.19. The zero-order valence-corrected chi connectivity index (χ0v) is 16.8. The lowest BCUT2D eigenvalue weighted by Crippen LogP contribution is -2.32. The molecule has 0 saturated carbocycles. The van der Waals surface area contributed by atoms with Crippen molar-refractivity contribution in [2.45, 2.75) is 25.8 Å². The van der Waals surface area contributed by atoms with Gasteiger partial charge < -0.3 is 5.32 Å². The van der Waals surface area contributed by atoms with Crippen LogP contribution in [-0.4, -0.2) is 15.7 Å². The molecule has 0 radical (unpaired) electrons. The second-order valence-corrected chi connectivity index (χ2v) is 7.17. The highest BCUT2D eigenvalue weighted by molar-refractivity contribution is 6.05. The Labute approximate surface area is 175 Å². The SMILES string of the molecule is CCCC(NC(=O)c1nn(-c2ccccc2)c(=O)c2ccccc12)c1ccccc1. The molecular weight excluding hydrogens is 374 g/mol. The van der Waals surface area contributed by atoms with Gasteiger partial charge >= 0.3 is 0 Å². The summed E-state index contributed by atoms with van der Waals surface area (Å²) >= 11 is 0. The fourth-order valence-electron chi connectivity index (χ4n) is 3.62. The van der Waals surface area contributed by atoms with Gasteiger partial charge in [0.2, 0.25) is 0 Å². The van der Waals surface area contributed by atoms with E-state index < -0.39 is 0 Å². The Morgan fingerprint density at radius 1 is 0.900 bits per heavy atom. The molecule has 5 nitrogen and oxygen atoms in total. The molecule has 0 aliphatic heterocycles. The molecule has 0 fully saturated rings. The van der Waals surface area contributed by atoms with Gasteiger partial charge in [0.25, 0.3) is 11.5 Å². The molecule has 0 aliphatic carbocycles. The average molecular weight is 397 g/mol. The van der Waals surface area contributed by atoms with Crippen molar-refractivity contribution in [3.05, 3.63) is 107 Å². The Bertz CT molecular complexity index is 1220. The van der Waals surface area contributed by atoms with Crippen molar-refractivity contribution in [1.29, 1.82) is 0 Å². The van der Waals surface area contributed by atoms with Crippen molar-refractivity contribution >= 4 is 16.7 Å². The van der Waals surface area contributed by atoms with Crippen molar-refractivity contribution in [2.24, 2.45) is 0 Å². The Kier molecular flexibility index (Phi) is 5.70. The van der Waals surface area contributed by atoms with Crippen molar-refractivity contribution in [2.75, 3.05) is 0 Å². The lowest BCUT2D eigenvalue weighted by molar-refractivity contribution is 0.0929. The maximum Gasteiger partial charge on any atom is 0.279 e. The van der Waals surface area contributed by atoms with Crippen LogP contribution in [0.4, 0.5) is 0 Å². The fourth-order valence-corrected chi connectivity index (χ4v) is 3.62. The predicted octanol–water partition coefficient (Wildman–Crippen LogP) is 4.66. The standard InChI is InChI=1S/C25H23N3O2/c1-2-11-22(18-12-5-3-6-13-18)26-24(29)23-20-16-9-10-17-21(20)25(30)28(27-23)19-14-7-4-8-15-19/h3-10,12-17,22H,2,11H2,1H3,(H,26,29). The van der Waals surface area contributed by atoms with E-state index in [1.54, 1.807) is 30.3 Å². The molecule has 0 saturated heterocycles. The van der Waals surface area contributed by atoms with Crippen LogP contribution in [-0.2, 0) is 0 Å². The van der Waals surface area contributed by atoms with E-state index in [2.05, 4.69) is 17.3 Å². The summed E-state index contributed by atoms with van der Waals surface area (Å²) in [5, 5.41) is 8.61. The Morgan fingerprint density at radius 3 is 2.17 bits per heavy atom. The van der Waals surface area contributed by atoms with Crippen LogP contribution in [0.3, 0.4) is 0 Å². The highest BCUT2D eigenvalue weighted by atomic mass is 16.2. The number of hydrogen-bond donors (Lipinski definition) is 1. The summed E-state index contributed by atoms with van der Waals surface area (Å²) in [6.45, 7) is 2.09. The molecule has 1 amide bonds. The summed E-state index contributed by atoms with van der Waals surface area (Å²) in [6, 6.07) is 26.0. The fraction of sp³-hybridized carbons (Fsp3) is 0.160. The van der Waals surface area contributed by atoms with Gasteiger partial charge in [-0.05, 0) is 30.2 Å². The first kappa shape index (κ1) is 19.6. The molecule has 0 spiro atoms. The van der Waals surface area contributed by atoms with Crippen molar-refractivity contribution in [3.8, 4) is 5.69 Å². The second-order valence-electron chi connectivity index (χ2n) is 7.17. The smallest absolute Gasteiger partial charge is 0.279 e. The molecular formula is C25H23N3O2. The number of benzene rings is 3. The number of carbonyl (C=O) groups is 1. The zero-order valence-electron chi connectivity index (χ0n) is 16.8. The highest BCUT2D eigenvalue weighted by Crippen LogP contribution is 2.21. The van der Waals surface area contributed by atoms with E-state index in [0.29, 0.717) is 16.5 Å². The summed E-state index contributed by atoms with van der Waals surface area (Å²) in [7, 11) is 0. The predicted molar refractivity (Wildman–Crippen MR) is 119 cm³/mol. The largest absolute Gasteiger partial charge is 0.344 e. The first-order valence-electron chi connectivity index (χ1n) is 10.1. The number of para-hydroxylation sites is 1. The van der Waals surface area contributed by atoms with Crippen LogP contribution in [0.15, 0.2) is 89.7 Å². The van der Waals surface area contributed by atoms with Crippen molar-refractivity contribution in [1.82, 2.24) is 15.1 Å². The molecule has 30 heavy (non-hydrogen) atoms. The number of carbonyl (C=O) groups excluding carboxylic acids is 1. The van der Waals surface area contributed by atoms with Crippen LogP contribution in [0.25, 0.3) is 16.5 Å². The first-order valence-corrected chi connectivity index (χ1v) is 10.1. The number of rotatable bonds is 6. The minimum atomic E-state index is -0.293. The quantitative estimate of drug-likeness (QED) is 0.515. The Hall–Kier alpha value is -3.73. The number of nitrogens with one attached hydrogen (secondary N) is 1. The van der Waals surface area contributed by atoms with E-state index in [1.807, 2.05) is 54.6 Å². The molecule has 1 aromatic heterocycles. The van der Waals surface area contributed by atoms with Gasteiger partial charge in [-0.15, -0.1) is 0 Å². The third kappa shape index (κ3) is 3.87. The molecule has 1 N–H and O–H groups in total. The summed E-state index contributed by atoms with van der Waals surface area (Å²) in [5.74, 6) is -0.293. The molecule has 5 heteroatoms. The van der Waals surface area contributed by atoms with Crippen LogP contribution in [0, 0.1) is 0 Å². The van der Waals surface area contributed by atoms with Crippen LogP contribution in [0.1, 0.15) is 41.9 Å². The van der Waals surface area contributed by atoms with Crippen LogP contribution in [0.5, 0.6) is 0 Å². The van der Waals surface area contributed by atoms with Crippen LogP contribution < -0.4 is 10.9 Å². The van der Waals surface area contributed by atoms with Gasteiger partial charge in [0.05, 0.1) is 17.1 Å². The molecule has 0 bridgehead atoms. The number of nitrogens with zero attached hydrogens (tertiary/aromatic N) is 2. The second kappa shape index (κ2) is 8.74. The summed E-state index contributed by atoms with van der Waals surface area (Å²) in [5.41, 5.74) is 1.66. The molecule has 1 heterocycles. The van der Waals surface area contributed by atoms with E-state index in [0.717, 1.165) is 18.4 Å². The minimum Gasteiger partial charge on any atom is -0.344 e. The number of aromatic nitrogens is 2. The maximum absolute atomic E-state index is 13.3. The number of amides is 1. The van der Waals surface area contributed by atoms with Gasteiger partial charge in [0, 0.05) is 5.39 Å². The third-order valence-corrected chi connectivity index (χ3v) is 5.11. The minimum absolute atomic E-state index is 0.124. The van der Waals surface area contributed by atoms with Gasteiger partial charge in [-0.25, -0.2) is 0 Å². The van der Waals surface area contributed by atoms with E-state index in [9.17, 15) is 9.59 Å². The number of fused-ring (bicyclic) bond motifs is 1. The molecule has 4 rings (SSSR count). The topological polar surface area (TPSA) is 64.0 Å². The molecule has 3 aromatic carbocycles. The maximum atomic E-state index is 13.3. The summed E-state index contributed by atoms with van der Waals surface area (Å²) in [6.07, 6.45) is 1.74. The first-order chi connectivity index (χ1) is 14.7. The van der Waals surface area contributed by atoms with Crippen molar-refractivity contribution in [3.63, 3.8) is 0 Å². The molecule has 1 atom stereocenters. The van der Waals surface area contributed by atoms with Gasteiger partial charge in [-0.3, -0.25) is 9.59 Å². The van der Waals surface area contributed by atoms with E-state index in [1.165, 1.54) is 4.68 Å². The summed E-state index contributed by atoms with van der Waals surface area (Å²) < 4.78 is 1.30. The molecule has 1 unspecified atom stereocenters. The van der Waals surface area contributed by atoms with Crippen LogP contribution >= 0.6 is 0 Å². The van der Waals surface area contributed by atoms with Crippen LogP contribution in [0.2, 0.25) is 0 Å². The Balaban J connectivity index is 1.80.